The SMILES string of the molecule is CCc1cccc2c(-c3cc(N)no3)cn(C)c12. The summed E-state index contributed by atoms with van der Waals surface area (Å²) in [6.07, 6.45) is 3.07. The Kier molecular flexibility index (Phi) is 2.37. The molecule has 0 atom stereocenters. The van der Waals surface area contributed by atoms with Gasteiger partial charge in [-0.25, -0.2) is 0 Å². The molecular formula is C14H15N3O. The van der Waals surface area contributed by atoms with Crippen LogP contribution in [-0.2, 0) is 13.5 Å². The summed E-state index contributed by atoms with van der Waals surface area (Å²) in [5, 5.41) is 4.92. The maximum atomic E-state index is 5.61. The number of rotatable bonds is 2. The van der Waals surface area contributed by atoms with Crippen molar-refractivity contribution in [2.45, 2.75) is 13.3 Å². The number of nitrogen functional groups attached to an aromatic ring is 1. The van der Waals surface area contributed by atoms with E-state index in [9.17, 15) is 0 Å². The van der Waals surface area contributed by atoms with Crippen LogP contribution in [0.15, 0.2) is 35.0 Å². The van der Waals surface area contributed by atoms with Crippen molar-refractivity contribution < 1.29 is 4.52 Å². The highest BCUT2D eigenvalue weighted by Crippen LogP contribution is 2.32. The number of aryl methyl sites for hydroxylation is 2. The lowest BCUT2D eigenvalue weighted by molar-refractivity contribution is 0.436. The van der Waals surface area contributed by atoms with E-state index in [0.717, 1.165) is 12.0 Å². The first-order chi connectivity index (χ1) is 8.70. The molecule has 4 heteroatoms. The normalized spacial score (nSPS) is 11.2. The summed E-state index contributed by atoms with van der Waals surface area (Å²) in [6.45, 7) is 2.16. The van der Waals surface area contributed by atoms with Crippen molar-refractivity contribution >= 4 is 16.7 Å². The lowest BCUT2D eigenvalue weighted by atomic mass is 10.1. The Labute approximate surface area is 105 Å². The van der Waals surface area contributed by atoms with Crippen molar-refractivity contribution in [1.29, 1.82) is 0 Å². The number of fused-ring (bicyclic) bond motifs is 1. The molecule has 3 rings (SSSR count). The van der Waals surface area contributed by atoms with E-state index in [1.807, 2.05) is 7.05 Å². The molecule has 92 valence electrons. The van der Waals surface area contributed by atoms with Crippen molar-refractivity contribution in [3.8, 4) is 11.3 Å². The molecular weight excluding hydrogens is 226 g/mol. The first kappa shape index (κ1) is 10.9. The molecule has 0 bridgehead atoms. The van der Waals surface area contributed by atoms with E-state index in [1.165, 1.54) is 16.5 Å². The first-order valence-electron chi connectivity index (χ1n) is 6.00. The molecule has 0 aliphatic heterocycles. The third kappa shape index (κ3) is 1.49. The van der Waals surface area contributed by atoms with Gasteiger partial charge >= 0.3 is 0 Å². The summed E-state index contributed by atoms with van der Waals surface area (Å²) in [6, 6.07) is 8.08. The lowest BCUT2D eigenvalue weighted by Crippen LogP contribution is -1.89. The highest BCUT2D eigenvalue weighted by atomic mass is 16.5. The molecule has 0 aliphatic carbocycles. The van der Waals surface area contributed by atoms with Crippen LogP contribution in [0.5, 0.6) is 0 Å². The van der Waals surface area contributed by atoms with E-state index in [0.29, 0.717) is 11.6 Å². The van der Waals surface area contributed by atoms with Crippen LogP contribution in [0.2, 0.25) is 0 Å². The van der Waals surface area contributed by atoms with Crippen LogP contribution in [0.4, 0.5) is 5.82 Å². The largest absolute Gasteiger partial charge is 0.381 e. The molecule has 0 saturated heterocycles. The Hall–Kier alpha value is -2.23. The van der Waals surface area contributed by atoms with Crippen LogP contribution in [0.1, 0.15) is 12.5 Å². The molecule has 1 aromatic carbocycles. The Morgan fingerprint density at radius 3 is 2.89 bits per heavy atom. The van der Waals surface area contributed by atoms with Crippen LogP contribution in [0, 0.1) is 0 Å². The van der Waals surface area contributed by atoms with Crippen molar-refractivity contribution in [2.75, 3.05) is 5.73 Å². The van der Waals surface area contributed by atoms with E-state index in [-0.39, 0.29) is 0 Å². The predicted octanol–water partition coefficient (Wildman–Crippen LogP) is 2.98. The molecule has 0 fully saturated rings. The van der Waals surface area contributed by atoms with E-state index in [2.05, 4.69) is 41.0 Å². The number of para-hydroxylation sites is 1. The second-order valence-corrected chi connectivity index (χ2v) is 4.44. The number of hydrogen-bond acceptors (Lipinski definition) is 3. The summed E-state index contributed by atoms with van der Waals surface area (Å²) in [5.41, 5.74) is 9.21. The average Bonchev–Trinajstić information content (AvgIpc) is 2.94. The Balaban J connectivity index is 2.32. The number of nitrogens with zero attached hydrogens (tertiary/aromatic N) is 2. The van der Waals surface area contributed by atoms with Crippen molar-refractivity contribution in [3.05, 3.63) is 36.0 Å². The molecule has 0 radical (unpaired) electrons. The van der Waals surface area contributed by atoms with E-state index >= 15 is 0 Å². The van der Waals surface area contributed by atoms with Gasteiger partial charge in [0.25, 0.3) is 0 Å². The molecule has 0 spiro atoms. The molecule has 0 aliphatic rings. The minimum absolute atomic E-state index is 0.411. The number of nitrogens with two attached hydrogens (primary N) is 1. The molecule has 2 N–H and O–H groups in total. The second kappa shape index (κ2) is 3.91. The molecule has 0 amide bonds. The van der Waals surface area contributed by atoms with Gasteiger partial charge in [0.1, 0.15) is 0 Å². The van der Waals surface area contributed by atoms with Gasteiger partial charge in [0.05, 0.1) is 5.52 Å². The summed E-state index contributed by atoms with van der Waals surface area (Å²) in [4.78, 5) is 0. The van der Waals surface area contributed by atoms with Gasteiger partial charge in [-0.05, 0) is 12.0 Å². The van der Waals surface area contributed by atoms with E-state index in [4.69, 9.17) is 10.3 Å². The topological polar surface area (TPSA) is 57.0 Å². The van der Waals surface area contributed by atoms with Crippen molar-refractivity contribution in [1.82, 2.24) is 9.72 Å². The highest BCUT2D eigenvalue weighted by Gasteiger charge is 2.14. The van der Waals surface area contributed by atoms with Crippen LogP contribution in [-0.4, -0.2) is 9.72 Å². The van der Waals surface area contributed by atoms with Gasteiger partial charge in [-0.3, -0.25) is 0 Å². The quantitative estimate of drug-likeness (QED) is 0.750. The smallest absolute Gasteiger partial charge is 0.171 e. The average molecular weight is 241 g/mol. The molecule has 18 heavy (non-hydrogen) atoms. The zero-order valence-electron chi connectivity index (χ0n) is 10.5. The summed E-state index contributed by atoms with van der Waals surface area (Å²) < 4.78 is 7.38. The molecule has 0 saturated carbocycles. The fourth-order valence-corrected chi connectivity index (χ4v) is 2.45. The fraction of sp³-hybridized carbons (Fsp3) is 0.214. The molecule has 4 nitrogen and oxygen atoms in total. The predicted molar refractivity (Wildman–Crippen MR) is 72.2 cm³/mol. The summed E-state index contributed by atoms with van der Waals surface area (Å²) in [7, 11) is 2.05. The highest BCUT2D eigenvalue weighted by molar-refractivity contribution is 5.96. The Morgan fingerprint density at radius 2 is 2.22 bits per heavy atom. The number of anilines is 1. The zero-order valence-corrected chi connectivity index (χ0v) is 10.5. The minimum Gasteiger partial charge on any atom is -0.381 e. The molecule has 2 aromatic heterocycles. The van der Waals surface area contributed by atoms with Gasteiger partial charge in [0, 0.05) is 30.3 Å². The van der Waals surface area contributed by atoms with Crippen LogP contribution >= 0.6 is 0 Å². The van der Waals surface area contributed by atoms with Crippen molar-refractivity contribution in [3.63, 3.8) is 0 Å². The zero-order chi connectivity index (χ0) is 12.7. The number of hydrogen-bond donors (Lipinski definition) is 1. The molecule has 0 unspecified atom stereocenters. The monoisotopic (exact) mass is 241 g/mol. The fourth-order valence-electron chi connectivity index (χ4n) is 2.45. The first-order valence-corrected chi connectivity index (χ1v) is 6.00. The van der Waals surface area contributed by atoms with Crippen LogP contribution in [0.3, 0.4) is 0 Å². The Morgan fingerprint density at radius 1 is 1.39 bits per heavy atom. The van der Waals surface area contributed by atoms with Gasteiger partial charge in [-0.15, -0.1) is 0 Å². The second-order valence-electron chi connectivity index (χ2n) is 4.44. The molecule has 2 heterocycles. The van der Waals surface area contributed by atoms with E-state index < -0.39 is 0 Å². The lowest BCUT2D eigenvalue weighted by Gasteiger charge is -2.02. The van der Waals surface area contributed by atoms with Gasteiger partial charge in [-0.2, -0.15) is 0 Å². The number of benzene rings is 1. The standard InChI is InChI=1S/C14H15N3O/c1-3-9-5-4-6-10-11(8-17(2)14(9)10)12-7-13(15)16-18-12/h4-8H,3H2,1-2H3,(H2,15,16). The maximum absolute atomic E-state index is 5.61. The minimum atomic E-state index is 0.411. The van der Waals surface area contributed by atoms with E-state index in [1.54, 1.807) is 6.07 Å². The maximum Gasteiger partial charge on any atom is 0.171 e. The third-order valence-electron chi connectivity index (χ3n) is 3.26. The van der Waals surface area contributed by atoms with Gasteiger partial charge in [-0.1, -0.05) is 30.3 Å². The van der Waals surface area contributed by atoms with Gasteiger partial charge < -0.3 is 14.8 Å². The molecule has 3 aromatic rings. The number of aromatic nitrogens is 2. The van der Waals surface area contributed by atoms with Gasteiger partial charge in [0.15, 0.2) is 11.6 Å². The van der Waals surface area contributed by atoms with Crippen molar-refractivity contribution in [2.24, 2.45) is 7.05 Å². The summed E-state index contributed by atoms with van der Waals surface area (Å²) >= 11 is 0. The Bertz CT molecular complexity index is 709. The van der Waals surface area contributed by atoms with Crippen LogP contribution < -0.4 is 5.73 Å². The van der Waals surface area contributed by atoms with Gasteiger partial charge in [0.2, 0.25) is 0 Å². The van der Waals surface area contributed by atoms with Crippen LogP contribution in [0.25, 0.3) is 22.2 Å². The third-order valence-corrected chi connectivity index (χ3v) is 3.26. The summed E-state index contributed by atoms with van der Waals surface area (Å²) in [5.74, 6) is 1.13.